The molecule has 0 radical (unpaired) electrons. The average Bonchev–Trinajstić information content (AvgIpc) is 2.64. The standard InChI is InChI=1S/C12H18N6/c1-5-13-11-9(3)12(15-7-14-11)16-10-6-8(2)18(4)17-10/h6-7H,5H2,1-4H3,(H2,13,14,15,16,17). The zero-order valence-corrected chi connectivity index (χ0v) is 11.2. The van der Waals surface area contributed by atoms with Crippen LogP contribution in [0.4, 0.5) is 17.5 Å². The first-order valence-corrected chi connectivity index (χ1v) is 5.95. The molecule has 0 aromatic carbocycles. The van der Waals surface area contributed by atoms with Gasteiger partial charge in [0.15, 0.2) is 5.82 Å². The van der Waals surface area contributed by atoms with E-state index in [1.54, 1.807) is 6.33 Å². The highest BCUT2D eigenvalue weighted by Gasteiger charge is 2.08. The second-order valence-electron chi connectivity index (χ2n) is 4.15. The van der Waals surface area contributed by atoms with Gasteiger partial charge in [-0.05, 0) is 20.8 Å². The zero-order chi connectivity index (χ0) is 13.1. The summed E-state index contributed by atoms with van der Waals surface area (Å²) >= 11 is 0. The first-order valence-electron chi connectivity index (χ1n) is 5.95. The third-order valence-electron chi connectivity index (χ3n) is 2.79. The number of hydrogen-bond donors (Lipinski definition) is 2. The van der Waals surface area contributed by atoms with E-state index in [2.05, 4.69) is 25.7 Å². The minimum atomic E-state index is 0.777. The van der Waals surface area contributed by atoms with Crippen LogP contribution in [-0.4, -0.2) is 26.3 Å². The number of nitrogens with zero attached hydrogens (tertiary/aromatic N) is 4. The molecule has 0 amide bonds. The van der Waals surface area contributed by atoms with Crippen LogP contribution in [0.15, 0.2) is 12.4 Å². The molecule has 0 aliphatic heterocycles. The van der Waals surface area contributed by atoms with Gasteiger partial charge in [0.1, 0.15) is 18.0 Å². The fraction of sp³-hybridized carbons (Fsp3) is 0.417. The van der Waals surface area contributed by atoms with Crippen molar-refractivity contribution in [2.45, 2.75) is 20.8 Å². The number of aromatic nitrogens is 4. The van der Waals surface area contributed by atoms with Crippen molar-refractivity contribution in [3.05, 3.63) is 23.7 Å². The minimum absolute atomic E-state index is 0.777. The second-order valence-corrected chi connectivity index (χ2v) is 4.15. The number of aryl methyl sites for hydroxylation is 2. The Kier molecular flexibility index (Phi) is 3.45. The summed E-state index contributed by atoms with van der Waals surface area (Å²) in [6.45, 7) is 6.86. The van der Waals surface area contributed by atoms with E-state index >= 15 is 0 Å². The summed E-state index contributed by atoms with van der Waals surface area (Å²) in [6.07, 6.45) is 1.54. The van der Waals surface area contributed by atoms with Gasteiger partial charge in [0, 0.05) is 30.9 Å². The first-order chi connectivity index (χ1) is 8.61. The topological polar surface area (TPSA) is 67.7 Å². The lowest BCUT2D eigenvalue weighted by molar-refractivity contribution is 0.743. The van der Waals surface area contributed by atoms with Crippen LogP contribution in [-0.2, 0) is 7.05 Å². The van der Waals surface area contributed by atoms with E-state index in [9.17, 15) is 0 Å². The van der Waals surface area contributed by atoms with Crippen LogP contribution in [0.25, 0.3) is 0 Å². The number of rotatable bonds is 4. The van der Waals surface area contributed by atoms with E-state index in [-0.39, 0.29) is 0 Å². The van der Waals surface area contributed by atoms with Crippen LogP contribution < -0.4 is 10.6 Å². The number of hydrogen-bond acceptors (Lipinski definition) is 5. The van der Waals surface area contributed by atoms with E-state index in [0.717, 1.165) is 35.3 Å². The van der Waals surface area contributed by atoms with Gasteiger partial charge in [-0.3, -0.25) is 4.68 Å². The van der Waals surface area contributed by atoms with Crippen LogP contribution in [0.2, 0.25) is 0 Å². The maximum absolute atomic E-state index is 4.35. The van der Waals surface area contributed by atoms with Crippen molar-refractivity contribution in [2.75, 3.05) is 17.2 Å². The normalized spacial score (nSPS) is 10.4. The van der Waals surface area contributed by atoms with Gasteiger partial charge in [-0.25, -0.2) is 9.97 Å². The molecule has 0 spiro atoms. The summed E-state index contributed by atoms with van der Waals surface area (Å²) in [6, 6.07) is 1.98. The van der Waals surface area contributed by atoms with Crippen LogP contribution in [0.3, 0.4) is 0 Å². The van der Waals surface area contributed by atoms with Gasteiger partial charge in [-0.1, -0.05) is 0 Å². The van der Waals surface area contributed by atoms with Crippen molar-refractivity contribution in [2.24, 2.45) is 7.05 Å². The molecule has 0 aliphatic rings. The molecule has 0 unspecified atom stereocenters. The Hall–Kier alpha value is -2.11. The number of anilines is 3. The van der Waals surface area contributed by atoms with Crippen LogP contribution in [0.1, 0.15) is 18.2 Å². The Labute approximate surface area is 106 Å². The predicted octanol–water partition coefficient (Wildman–Crippen LogP) is 2.00. The molecule has 2 heterocycles. The molecule has 0 bridgehead atoms. The van der Waals surface area contributed by atoms with Gasteiger partial charge < -0.3 is 10.6 Å². The molecule has 6 heteroatoms. The highest BCUT2D eigenvalue weighted by atomic mass is 15.3. The maximum Gasteiger partial charge on any atom is 0.153 e. The summed E-state index contributed by atoms with van der Waals surface area (Å²) in [7, 11) is 1.91. The fourth-order valence-corrected chi connectivity index (χ4v) is 1.66. The highest BCUT2D eigenvalue weighted by molar-refractivity contribution is 5.62. The Morgan fingerprint density at radius 3 is 2.56 bits per heavy atom. The Morgan fingerprint density at radius 1 is 1.22 bits per heavy atom. The maximum atomic E-state index is 4.35. The molecule has 0 saturated carbocycles. The van der Waals surface area contributed by atoms with E-state index in [4.69, 9.17) is 0 Å². The Morgan fingerprint density at radius 2 is 1.94 bits per heavy atom. The van der Waals surface area contributed by atoms with Gasteiger partial charge >= 0.3 is 0 Å². The van der Waals surface area contributed by atoms with E-state index in [0.29, 0.717) is 0 Å². The van der Waals surface area contributed by atoms with Crippen molar-refractivity contribution in [3.63, 3.8) is 0 Å². The molecular weight excluding hydrogens is 228 g/mol. The lowest BCUT2D eigenvalue weighted by Crippen LogP contribution is -2.05. The molecule has 0 saturated heterocycles. The SMILES string of the molecule is CCNc1ncnc(Nc2cc(C)n(C)n2)c1C. The minimum Gasteiger partial charge on any atom is -0.370 e. The van der Waals surface area contributed by atoms with Crippen LogP contribution in [0, 0.1) is 13.8 Å². The van der Waals surface area contributed by atoms with E-state index in [1.165, 1.54) is 0 Å². The lowest BCUT2D eigenvalue weighted by Gasteiger charge is -2.10. The van der Waals surface area contributed by atoms with E-state index < -0.39 is 0 Å². The molecule has 2 aromatic rings. The molecule has 2 rings (SSSR count). The molecule has 0 aliphatic carbocycles. The molecule has 0 atom stereocenters. The summed E-state index contributed by atoms with van der Waals surface area (Å²) in [5, 5.41) is 10.8. The Balaban J connectivity index is 2.26. The molecule has 0 fully saturated rings. The molecular formula is C12H18N6. The molecule has 96 valence electrons. The van der Waals surface area contributed by atoms with Gasteiger partial charge in [-0.15, -0.1) is 0 Å². The van der Waals surface area contributed by atoms with E-state index in [1.807, 2.05) is 38.6 Å². The van der Waals surface area contributed by atoms with Crippen molar-refractivity contribution in [1.29, 1.82) is 0 Å². The fourth-order valence-electron chi connectivity index (χ4n) is 1.66. The quantitative estimate of drug-likeness (QED) is 0.863. The summed E-state index contributed by atoms with van der Waals surface area (Å²) in [5.41, 5.74) is 2.08. The second kappa shape index (κ2) is 5.03. The monoisotopic (exact) mass is 246 g/mol. The smallest absolute Gasteiger partial charge is 0.153 e. The predicted molar refractivity (Wildman–Crippen MR) is 72.2 cm³/mol. The van der Waals surface area contributed by atoms with Gasteiger partial charge in [0.2, 0.25) is 0 Å². The highest BCUT2D eigenvalue weighted by Crippen LogP contribution is 2.21. The molecule has 18 heavy (non-hydrogen) atoms. The molecule has 2 N–H and O–H groups in total. The first kappa shape index (κ1) is 12.3. The summed E-state index contributed by atoms with van der Waals surface area (Å²) in [4.78, 5) is 8.45. The third kappa shape index (κ3) is 2.42. The van der Waals surface area contributed by atoms with Crippen LogP contribution in [0.5, 0.6) is 0 Å². The average molecular weight is 246 g/mol. The van der Waals surface area contributed by atoms with Crippen LogP contribution >= 0.6 is 0 Å². The lowest BCUT2D eigenvalue weighted by atomic mass is 10.3. The summed E-state index contributed by atoms with van der Waals surface area (Å²) in [5.74, 6) is 2.42. The van der Waals surface area contributed by atoms with Crippen molar-refractivity contribution in [3.8, 4) is 0 Å². The third-order valence-corrected chi connectivity index (χ3v) is 2.79. The van der Waals surface area contributed by atoms with Crippen molar-refractivity contribution >= 4 is 17.5 Å². The van der Waals surface area contributed by atoms with Gasteiger partial charge in [0.05, 0.1) is 0 Å². The number of nitrogens with one attached hydrogen (secondary N) is 2. The van der Waals surface area contributed by atoms with Gasteiger partial charge in [-0.2, -0.15) is 5.10 Å². The van der Waals surface area contributed by atoms with Crippen molar-refractivity contribution < 1.29 is 0 Å². The Bertz CT molecular complexity index is 526. The zero-order valence-electron chi connectivity index (χ0n) is 11.2. The molecule has 6 nitrogen and oxygen atoms in total. The summed E-state index contributed by atoms with van der Waals surface area (Å²) < 4.78 is 1.82. The van der Waals surface area contributed by atoms with Crippen molar-refractivity contribution in [1.82, 2.24) is 19.7 Å². The van der Waals surface area contributed by atoms with Gasteiger partial charge in [0.25, 0.3) is 0 Å². The molecule has 2 aromatic heterocycles. The largest absolute Gasteiger partial charge is 0.370 e.